The summed E-state index contributed by atoms with van der Waals surface area (Å²) >= 11 is 1.59. The van der Waals surface area contributed by atoms with Crippen molar-refractivity contribution < 1.29 is 0 Å². The van der Waals surface area contributed by atoms with Crippen LogP contribution in [0.5, 0.6) is 0 Å². The number of nitrogen functional groups attached to an aromatic ring is 1. The van der Waals surface area contributed by atoms with Crippen LogP contribution in [0.4, 0.5) is 11.8 Å². The van der Waals surface area contributed by atoms with E-state index in [1.54, 1.807) is 11.3 Å². The molecule has 0 bridgehead atoms. The fourth-order valence-corrected chi connectivity index (χ4v) is 3.12. The molecule has 2 aromatic heterocycles. The summed E-state index contributed by atoms with van der Waals surface area (Å²) in [6, 6.07) is 2.42. The van der Waals surface area contributed by atoms with E-state index in [0.29, 0.717) is 17.9 Å². The maximum absolute atomic E-state index is 5.42. The zero-order chi connectivity index (χ0) is 13.8. The van der Waals surface area contributed by atoms with Crippen LogP contribution < -0.4 is 16.6 Å². The highest BCUT2D eigenvalue weighted by Gasteiger charge is 2.16. The first-order valence-electron chi connectivity index (χ1n) is 6.68. The Labute approximate surface area is 117 Å². The molecule has 0 amide bonds. The number of nitrogens with two attached hydrogens (primary N) is 1. The van der Waals surface area contributed by atoms with Crippen molar-refractivity contribution in [1.29, 1.82) is 0 Å². The van der Waals surface area contributed by atoms with Gasteiger partial charge in [0.1, 0.15) is 10.6 Å². The Morgan fingerprint density at radius 1 is 1.32 bits per heavy atom. The number of aromatic nitrogens is 2. The van der Waals surface area contributed by atoms with Crippen LogP contribution >= 0.6 is 11.3 Å². The molecule has 0 aliphatic heterocycles. The lowest BCUT2D eigenvalue weighted by Crippen LogP contribution is -2.26. The molecule has 6 heteroatoms. The van der Waals surface area contributed by atoms with E-state index >= 15 is 0 Å². The van der Waals surface area contributed by atoms with E-state index in [-0.39, 0.29) is 0 Å². The van der Waals surface area contributed by atoms with Crippen molar-refractivity contribution >= 4 is 33.3 Å². The normalized spacial score (nSPS) is 12.9. The van der Waals surface area contributed by atoms with Crippen LogP contribution in [-0.4, -0.2) is 16.0 Å². The van der Waals surface area contributed by atoms with Crippen molar-refractivity contribution in [2.45, 2.75) is 39.7 Å². The lowest BCUT2D eigenvalue weighted by molar-refractivity contribution is 0.437. The van der Waals surface area contributed by atoms with Crippen molar-refractivity contribution in [3.8, 4) is 0 Å². The summed E-state index contributed by atoms with van der Waals surface area (Å²) in [4.78, 5) is 9.72. The zero-order valence-corrected chi connectivity index (χ0v) is 12.4. The van der Waals surface area contributed by atoms with Crippen molar-refractivity contribution in [3.05, 3.63) is 11.4 Å². The van der Waals surface area contributed by atoms with Gasteiger partial charge in [-0.2, -0.15) is 4.98 Å². The molecule has 2 rings (SSSR count). The number of hydrogen-bond acceptors (Lipinski definition) is 6. The van der Waals surface area contributed by atoms with Gasteiger partial charge in [-0.1, -0.05) is 26.7 Å². The van der Waals surface area contributed by atoms with E-state index < -0.39 is 0 Å². The minimum absolute atomic E-state index is 0.374. The molecule has 4 N–H and O–H groups in total. The third kappa shape index (κ3) is 2.96. The average Bonchev–Trinajstić information content (AvgIpc) is 2.88. The number of anilines is 2. The molecule has 104 valence electrons. The van der Waals surface area contributed by atoms with Gasteiger partial charge in [0.25, 0.3) is 0 Å². The van der Waals surface area contributed by atoms with Gasteiger partial charge >= 0.3 is 0 Å². The molecular formula is C13H21N5S. The number of nitrogens with zero attached hydrogens (tertiary/aromatic N) is 2. The molecule has 0 aliphatic rings. The van der Waals surface area contributed by atoms with E-state index in [4.69, 9.17) is 5.84 Å². The minimum atomic E-state index is 0.374. The standard InChI is InChI=1S/C13H21N5S/c1-4-9(5-2)8(3)15-11-10-6-7-19-12(10)17-13(16-11)18-14/h6-9H,4-5,14H2,1-3H3,(H2,15,16,17,18). The summed E-state index contributed by atoms with van der Waals surface area (Å²) < 4.78 is 0. The molecule has 5 nitrogen and oxygen atoms in total. The van der Waals surface area contributed by atoms with E-state index in [1.165, 1.54) is 0 Å². The van der Waals surface area contributed by atoms with Crippen LogP contribution in [0, 0.1) is 5.92 Å². The molecule has 0 aromatic carbocycles. The molecule has 0 aliphatic carbocycles. The van der Waals surface area contributed by atoms with Gasteiger partial charge in [-0.3, -0.25) is 5.43 Å². The number of nitrogens with one attached hydrogen (secondary N) is 2. The van der Waals surface area contributed by atoms with Gasteiger partial charge in [0.2, 0.25) is 5.95 Å². The van der Waals surface area contributed by atoms with Gasteiger partial charge in [-0.05, 0) is 24.3 Å². The fraction of sp³-hybridized carbons (Fsp3) is 0.538. The number of fused-ring (bicyclic) bond motifs is 1. The molecule has 2 aromatic rings. The highest BCUT2D eigenvalue weighted by atomic mass is 32.1. The first-order chi connectivity index (χ1) is 9.19. The monoisotopic (exact) mass is 279 g/mol. The minimum Gasteiger partial charge on any atom is -0.367 e. The smallest absolute Gasteiger partial charge is 0.240 e. The van der Waals surface area contributed by atoms with Gasteiger partial charge < -0.3 is 5.32 Å². The van der Waals surface area contributed by atoms with Crippen LogP contribution in [0.1, 0.15) is 33.6 Å². The largest absolute Gasteiger partial charge is 0.367 e. The zero-order valence-electron chi connectivity index (χ0n) is 11.6. The van der Waals surface area contributed by atoms with Crippen molar-refractivity contribution in [3.63, 3.8) is 0 Å². The van der Waals surface area contributed by atoms with Crippen LogP contribution in [0.2, 0.25) is 0 Å². The average molecular weight is 279 g/mol. The second-order valence-corrected chi connectivity index (χ2v) is 5.58. The van der Waals surface area contributed by atoms with E-state index in [2.05, 4.69) is 41.5 Å². The summed E-state index contributed by atoms with van der Waals surface area (Å²) in [6.45, 7) is 6.65. The second-order valence-electron chi connectivity index (χ2n) is 4.69. The number of hydrogen-bond donors (Lipinski definition) is 3. The summed E-state index contributed by atoms with van der Waals surface area (Å²) in [5, 5.41) is 6.59. The van der Waals surface area contributed by atoms with Crippen LogP contribution in [-0.2, 0) is 0 Å². The predicted molar refractivity (Wildman–Crippen MR) is 82.4 cm³/mol. The Bertz CT molecular complexity index is 535. The number of rotatable bonds is 6. The summed E-state index contributed by atoms with van der Waals surface area (Å²) in [7, 11) is 0. The van der Waals surface area contributed by atoms with Crippen LogP contribution in [0.3, 0.4) is 0 Å². The number of hydrazine groups is 1. The fourth-order valence-electron chi connectivity index (χ4n) is 2.36. The Balaban J connectivity index is 2.30. The molecule has 1 unspecified atom stereocenters. The van der Waals surface area contributed by atoms with Crippen LogP contribution in [0.25, 0.3) is 10.2 Å². The lowest BCUT2D eigenvalue weighted by Gasteiger charge is -2.23. The molecule has 0 saturated carbocycles. The molecule has 0 spiro atoms. The maximum atomic E-state index is 5.42. The van der Waals surface area contributed by atoms with Crippen molar-refractivity contribution in [2.24, 2.45) is 11.8 Å². The molecule has 1 atom stereocenters. The van der Waals surface area contributed by atoms with Gasteiger partial charge in [0.15, 0.2) is 0 Å². The third-order valence-corrected chi connectivity index (χ3v) is 4.38. The van der Waals surface area contributed by atoms with Gasteiger partial charge in [0.05, 0.1) is 5.39 Å². The topological polar surface area (TPSA) is 75.9 Å². The summed E-state index contributed by atoms with van der Waals surface area (Å²) in [5.74, 6) is 7.37. The lowest BCUT2D eigenvalue weighted by atomic mass is 9.95. The second kappa shape index (κ2) is 6.16. The molecule has 19 heavy (non-hydrogen) atoms. The Morgan fingerprint density at radius 2 is 2.05 bits per heavy atom. The van der Waals surface area contributed by atoms with Gasteiger partial charge in [-0.25, -0.2) is 10.8 Å². The van der Waals surface area contributed by atoms with Crippen molar-refractivity contribution in [2.75, 3.05) is 10.7 Å². The molecular weight excluding hydrogens is 258 g/mol. The summed E-state index contributed by atoms with van der Waals surface area (Å²) in [5.41, 5.74) is 2.52. The van der Waals surface area contributed by atoms with Crippen molar-refractivity contribution in [1.82, 2.24) is 9.97 Å². The van der Waals surface area contributed by atoms with E-state index in [1.807, 2.05) is 11.4 Å². The maximum Gasteiger partial charge on any atom is 0.240 e. The molecule has 0 radical (unpaired) electrons. The number of thiophene rings is 1. The predicted octanol–water partition coefficient (Wildman–Crippen LogP) is 3.21. The Morgan fingerprint density at radius 3 is 2.68 bits per heavy atom. The molecule has 2 heterocycles. The van der Waals surface area contributed by atoms with Gasteiger partial charge in [-0.15, -0.1) is 11.3 Å². The Kier molecular flexibility index (Phi) is 4.55. The van der Waals surface area contributed by atoms with Crippen LogP contribution in [0.15, 0.2) is 11.4 Å². The Hall–Kier alpha value is -1.40. The molecule has 0 saturated heterocycles. The van der Waals surface area contributed by atoms with E-state index in [9.17, 15) is 0 Å². The first kappa shape index (κ1) is 14.0. The highest BCUT2D eigenvalue weighted by Crippen LogP contribution is 2.28. The molecule has 0 fully saturated rings. The van der Waals surface area contributed by atoms with Gasteiger partial charge in [0, 0.05) is 6.04 Å². The highest BCUT2D eigenvalue weighted by molar-refractivity contribution is 7.16. The SMILES string of the molecule is CCC(CC)C(C)Nc1nc(NN)nc2sccc12. The first-order valence-corrected chi connectivity index (χ1v) is 7.55. The third-order valence-electron chi connectivity index (χ3n) is 3.57. The summed E-state index contributed by atoms with van der Waals surface area (Å²) in [6.07, 6.45) is 2.31. The quantitative estimate of drug-likeness (QED) is 0.559. The van der Waals surface area contributed by atoms with E-state index in [0.717, 1.165) is 28.9 Å².